The van der Waals surface area contributed by atoms with E-state index in [2.05, 4.69) is 40.2 Å². The van der Waals surface area contributed by atoms with Gasteiger partial charge in [-0.25, -0.2) is 0 Å². The quantitative estimate of drug-likeness (QED) is 0.737. The lowest BCUT2D eigenvalue weighted by Crippen LogP contribution is -2.54. The first kappa shape index (κ1) is 21.2. The number of carbonyl (C=O) groups is 1. The Morgan fingerprint density at radius 1 is 1.03 bits per heavy atom. The molecule has 2 atom stereocenters. The number of para-hydroxylation sites is 2. The number of rotatable bonds is 8. The predicted octanol–water partition coefficient (Wildman–Crippen LogP) is 3.86. The minimum atomic E-state index is -0.141. The number of methoxy groups -OCH3 is 1. The van der Waals surface area contributed by atoms with Crippen LogP contribution in [-0.2, 0) is 4.79 Å². The van der Waals surface area contributed by atoms with Crippen LogP contribution in [0.3, 0.4) is 0 Å². The molecule has 3 rings (SSSR count). The predicted molar refractivity (Wildman–Crippen MR) is 118 cm³/mol. The van der Waals surface area contributed by atoms with E-state index in [1.807, 2.05) is 43.3 Å². The van der Waals surface area contributed by atoms with Crippen molar-refractivity contribution in [2.75, 3.05) is 38.2 Å². The molecule has 5 nitrogen and oxygen atoms in total. The Morgan fingerprint density at radius 2 is 1.69 bits per heavy atom. The van der Waals surface area contributed by atoms with Gasteiger partial charge in [-0.05, 0) is 31.0 Å². The van der Waals surface area contributed by atoms with Crippen molar-refractivity contribution < 1.29 is 9.53 Å². The maximum absolute atomic E-state index is 13.0. The third kappa shape index (κ3) is 5.30. The molecule has 1 saturated heterocycles. The number of hydrogen-bond acceptors (Lipinski definition) is 4. The van der Waals surface area contributed by atoms with Crippen molar-refractivity contribution in [2.45, 2.75) is 38.8 Å². The molecule has 1 amide bonds. The second-order valence-corrected chi connectivity index (χ2v) is 7.63. The molecule has 1 N–H and O–H groups in total. The summed E-state index contributed by atoms with van der Waals surface area (Å²) in [6.07, 6.45) is 1.98. The average Bonchev–Trinajstić information content (AvgIpc) is 2.79. The Balaban J connectivity index is 1.58. The van der Waals surface area contributed by atoms with Gasteiger partial charge in [0.1, 0.15) is 5.75 Å². The second kappa shape index (κ2) is 10.3. The lowest BCUT2D eigenvalue weighted by molar-refractivity contribution is -0.126. The molecule has 0 bridgehead atoms. The summed E-state index contributed by atoms with van der Waals surface area (Å²) in [5.74, 6) is 1.01. The maximum Gasteiger partial charge on any atom is 0.237 e. The Labute approximate surface area is 174 Å². The van der Waals surface area contributed by atoms with E-state index >= 15 is 0 Å². The molecule has 156 valence electrons. The van der Waals surface area contributed by atoms with Crippen LogP contribution in [0.4, 0.5) is 5.69 Å². The van der Waals surface area contributed by atoms with Crippen LogP contribution < -0.4 is 15.0 Å². The molecule has 2 aromatic rings. The van der Waals surface area contributed by atoms with Crippen molar-refractivity contribution >= 4 is 11.6 Å². The van der Waals surface area contributed by atoms with Gasteiger partial charge >= 0.3 is 0 Å². The van der Waals surface area contributed by atoms with E-state index in [4.69, 9.17) is 4.74 Å². The zero-order valence-electron chi connectivity index (χ0n) is 17.8. The number of hydrogen-bond donors (Lipinski definition) is 1. The summed E-state index contributed by atoms with van der Waals surface area (Å²) in [4.78, 5) is 17.6. The van der Waals surface area contributed by atoms with Gasteiger partial charge in [-0.1, -0.05) is 55.8 Å². The van der Waals surface area contributed by atoms with Gasteiger partial charge in [-0.2, -0.15) is 0 Å². The molecule has 0 spiro atoms. The third-order valence-corrected chi connectivity index (χ3v) is 5.76. The van der Waals surface area contributed by atoms with Gasteiger partial charge in [0.15, 0.2) is 0 Å². The first-order chi connectivity index (χ1) is 14.1. The van der Waals surface area contributed by atoms with Crippen LogP contribution in [0.15, 0.2) is 54.6 Å². The smallest absolute Gasteiger partial charge is 0.237 e. The molecule has 0 saturated carbocycles. The van der Waals surface area contributed by atoms with E-state index in [9.17, 15) is 4.79 Å². The fourth-order valence-electron chi connectivity index (χ4n) is 4.00. The Kier molecular flexibility index (Phi) is 7.53. The van der Waals surface area contributed by atoms with Gasteiger partial charge in [0, 0.05) is 26.2 Å². The van der Waals surface area contributed by atoms with Crippen LogP contribution >= 0.6 is 0 Å². The summed E-state index contributed by atoms with van der Waals surface area (Å²) in [6, 6.07) is 18.3. The number of amides is 1. The van der Waals surface area contributed by atoms with Gasteiger partial charge in [0.05, 0.1) is 24.9 Å². The van der Waals surface area contributed by atoms with Gasteiger partial charge in [-0.3, -0.25) is 9.69 Å². The van der Waals surface area contributed by atoms with Crippen molar-refractivity contribution in [3.8, 4) is 5.75 Å². The van der Waals surface area contributed by atoms with E-state index in [0.717, 1.165) is 50.5 Å². The summed E-state index contributed by atoms with van der Waals surface area (Å²) >= 11 is 0. The molecule has 0 aliphatic carbocycles. The van der Waals surface area contributed by atoms with E-state index in [-0.39, 0.29) is 18.0 Å². The molecule has 1 fully saturated rings. The van der Waals surface area contributed by atoms with Crippen LogP contribution in [-0.4, -0.2) is 50.1 Å². The molecule has 1 heterocycles. The highest BCUT2D eigenvalue weighted by atomic mass is 16.5. The maximum atomic E-state index is 13.0. The number of anilines is 1. The van der Waals surface area contributed by atoms with Crippen molar-refractivity contribution in [3.63, 3.8) is 0 Å². The van der Waals surface area contributed by atoms with Gasteiger partial charge in [0.2, 0.25) is 5.91 Å². The summed E-state index contributed by atoms with van der Waals surface area (Å²) in [5.41, 5.74) is 2.30. The monoisotopic (exact) mass is 395 g/mol. The standard InChI is InChI=1S/C24H33N3O2/c1-4-10-21(20-11-6-5-7-12-20)25-24(28)19(2)26-15-17-27(18-16-26)22-13-8-9-14-23(22)29-3/h5-9,11-14,19,21H,4,10,15-18H2,1-3H3,(H,25,28). The molecular formula is C24H33N3O2. The Morgan fingerprint density at radius 3 is 2.34 bits per heavy atom. The molecule has 0 aromatic heterocycles. The summed E-state index contributed by atoms with van der Waals surface area (Å²) in [7, 11) is 1.71. The van der Waals surface area contributed by atoms with E-state index in [0.29, 0.717) is 0 Å². The SMILES string of the molecule is CCCC(NC(=O)C(C)N1CCN(c2ccccc2OC)CC1)c1ccccc1. The summed E-state index contributed by atoms with van der Waals surface area (Å²) in [6.45, 7) is 7.65. The number of benzene rings is 2. The van der Waals surface area contributed by atoms with Crippen molar-refractivity contribution in [1.29, 1.82) is 0 Å². The average molecular weight is 396 g/mol. The van der Waals surface area contributed by atoms with E-state index in [1.165, 1.54) is 5.56 Å². The molecule has 5 heteroatoms. The van der Waals surface area contributed by atoms with Gasteiger partial charge in [0.25, 0.3) is 0 Å². The first-order valence-electron chi connectivity index (χ1n) is 10.6. The highest BCUT2D eigenvalue weighted by molar-refractivity contribution is 5.81. The normalized spacial score (nSPS) is 16.9. The number of ether oxygens (including phenoxy) is 1. The topological polar surface area (TPSA) is 44.8 Å². The fourth-order valence-corrected chi connectivity index (χ4v) is 4.00. The van der Waals surface area contributed by atoms with Crippen LogP contribution in [0.5, 0.6) is 5.75 Å². The second-order valence-electron chi connectivity index (χ2n) is 7.63. The van der Waals surface area contributed by atoms with Crippen molar-refractivity contribution in [3.05, 3.63) is 60.2 Å². The van der Waals surface area contributed by atoms with Gasteiger partial charge < -0.3 is 15.0 Å². The van der Waals surface area contributed by atoms with Gasteiger partial charge in [-0.15, -0.1) is 0 Å². The number of nitrogens with zero attached hydrogens (tertiary/aromatic N) is 2. The molecule has 1 aliphatic heterocycles. The van der Waals surface area contributed by atoms with Crippen molar-refractivity contribution in [1.82, 2.24) is 10.2 Å². The van der Waals surface area contributed by atoms with E-state index in [1.54, 1.807) is 7.11 Å². The molecule has 1 aliphatic rings. The largest absolute Gasteiger partial charge is 0.495 e. The lowest BCUT2D eigenvalue weighted by atomic mass is 10.0. The van der Waals surface area contributed by atoms with Crippen LogP contribution in [0.2, 0.25) is 0 Å². The fraction of sp³-hybridized carbons (Fsp3) is 0.458. The third-order valence-electron chi connectivity index (χ3n) is 5.76. The molecule has 29 heavy (non-hydrogen) atoms. The molecular weight excluding hydrogens is 362 g/mol. The number of piperazine rings is 1. The zero-order chi connectivity index (χ0) is 20.6. The Bertz CT molecular complexity index is 773. The lowest BCUT2D eigenvalue weighted by Gasteiger charge is -2.39. The van der Waals surface area contributed by atoms with Crippen LogP contribution in [0.1, 0.15) is 38.3 Å². The first-order valence-corrected chi connectivity index (χ1v) is 10.6. The number of carbonyl (C=O) groups excluding carboxylic acids is 1. The zero-order valence-corrected chi connectivity index (χ0v) is 17.8. The van der Waals surface area contributed by atoms with E-state index < -0.39 is 0 Å². The van der Waals surface area contributed by atoms with Crippen LogP contribution in [0.25, 0.3) is 0 Å². The Hall–Kier alpha value is -2.53. The van der Waals surface area contributed by atoms with Crippen LogP contribution in [0, 0.1) is 0 Å². The highest BCUT2D eigenvalue weighted by Gasteiger charge is 2.27. The molecule has 2 unspecified atom stereocenters. The minimum Gasteiger partial charge on any atom is -0.495 e. The molecule has 2 aromatic carbocycles. The van der Waals surface area contributed by atoms with Crippen molar-refractivity contribution in [2.24, 2.45) is 0 Å². The summed E-state index contributed by atoms with van der Waals surface area (Å²) < 4.78 is 5.50. The minimum absolute atomic E-state index is 0.0750. The number of nitrogens with one attached hydrogen (secondary N) is 1. The highest BCUT2D eigenvalue weighted by Crippen LogP contribution is 2.28. The summed E-state index contributed by atoms with van der Waals surface area (Å²) in [5, 5.41) is 3.28. The molecule has 0 radical (unpaired) electrons.